The van der Waals surface area contributed by atoms with E-state index in [4.69, 9.17) is 0 Å². The van der Waals surface area contributed by atoms with Crippen molar-refractivity contribution < 1.29 is 13.2 Å². The SMILES string of the molecule is CCc1c(CC)c(-c2ccccc2)c2c(c(C(F)(F)F)nc3ccccc32)c1-c1cccs1. The minimum Gasteiger partial charge on any atom is -0.243 e. The highest BCUT2D eigenvalue weighted by Crippen LogP contribution is 2.49. The van der Waals surface area contributed by atoms with Gasteiger partial charge in [-0.05, 0) is 52.6 Å². The Labute approximate surface area is 194 Å². The van der Waals surface area contributed by atoms with Gasteiger partial charge in [-0.15, -0.1) is 11.3 Å². The molecule has 0 atom stereocenters. The number of aromatic nitrogens is 1. The number of para-hydroxylation sites is 1. The first-order chi connectivity index (χ1) is 16.0. The number of pyridine rings is 1. The molecule has 2 heterocycles. The van der Waals surface area contributed by atoms with Crippen molar-refractivity contribution >= 4 is 33.0 Å². The van der Waals surface area contributed by atoms with Gasteiger partial charge in [0.25, 0.3) is 0 Å². The molecule has 0 unspecified atom stereocenters. The van der Waals surface area contributed by atoms with Gasteiger partial charge in [0, 0.05) is 26.6 Å². The minimum absolute atomic E-state index is 0.205. The van der Waals surface area contributed by atoms with Gasteiger partial charge < -0.3 is 0 Å². The molecule has 0 amide bonds. The van der Waals surface area contributed by atoms with E-state index in [1.54, 1.807) is 12.1 Å². The van der Waals surface area contributed by atoms with E-state index in [9.17, 15) is 13.2 Å². The first kappa shape index (κ1) is 21.7. The van der Waals surface area contributed by atoms with Crippen LogP contribution in [-0.2, 0) is 19.0 Å². The number of halogens is 3. The predicted molar refractivity (Wildman–Crippen MR) is 132 cm³/mol. The van der Waals surface area contributed by atoms with Crippen molar-refractivity contribution in [3.63, 3.8) is 0 Å². The molecule has 0 radical (unpaired) electrons. The fourth-order valence-electron chi connectivity index (χ4n) is 4.92. The van der Waals surface area contributed by atoms with Crippen molar-refractivity contribution in [3.8, 4) is 21.6 Å². The summed E-state index contributed by atoms with van der Waals surface area (Å²) in [5.74, 6) is 0. The molecule has 0 saturated carbocycles. The van der Waals surface area contributed by atoms with Gasteiger partial charge in [0.15, 0.2) is 5.69 Å². The third kappa shape index (κ3) is 3.51. The van der Waals surface area contributed by atoms with Gasteiger partial charge in [-0.1, -0.05) is 68.4 Å². The molecule has 0 aliphatic rings. The molecular formula is C28H22F3NS. The lowest BCUT2D eigenvalue weighted by Crippen LogP contribution is -2.12. The van der Waals surface area contributed by atoms with Crippen LogP contribution in [0.5, 0.6) is 0 Å². The first-order valence-corrected chi connectivity index (χ1v) is 11.9. The van der Waals surface area contributed by atoms with Crippen molar-refractivity contribution in [2.75, 3.05) is 0 Å². The predicted octanol–water partition coefficient (Wildman–Crippen LogP) is 8.93. The van der Waals surface area contributed by atoms with E-state index < -0.39 is 11.9 Å². The largest absolute Gasteiger partial charge is 0.434 e. The molecule has 0 bridgehead atoms. The number of fused-ring (bicyclic) bond motifs is 3. The molecule has 0 N–H and O–H groups in total. The third-order valence-electron chi connectivity index (χ3n) is 6.17. The molecule has 0 aliphatic carbocycles. The van der Waals surface area contributed by atoms with Gasteiger partial charge in [-0.2, -0.15) is 13.2 Å². The second-order valence-corrected chi connectivity index (χ2v) is 8.93. The molecule has 5 heteroatoms. The molecule has 2 aromatic heterocycles. The molecular weight excluding hydrogens is 439 g/mol. The molecule has 33 heavy (non-hydrogen) atoms. The highest BCUT2D eigenvalue weighted by atomic mass is 32.1. The average Bonchev–Trinajstić information content (AvgIpc) is 3.36. The summed E-state index contributed by atoms with van der Waals surface area (Å²) in [6.07, 6.45) is -3.23. The number of hydrogen-bond acceptors (Lipinski definition) is 2. The van der Waals surface area contributed by atoms with Crippen LogP contribution in [0.15, 0.2) is 72.1 Å². The Kier molecular flexibility index (Phi) is 5.45. The zero-order valence-electron chi connectivity index (χ0n) is 18.3. The summed E-state index contributed by atoms with van der Waals surface area (Å²) in [6, 6.07) is 20.8. The second kappa shape index (κ2) is 8.31. The Bertz CT molecular complexity index is 1450. The molecule has 0 fully saturated rings. The number of nitrogens with zero attached hydrogens (tertiary/aromatic N) is 1. The van der Waals surface area contributed by atoms with E-state index in [1.165, 1.54) is 11.3 Å². The summed E-state index contributed by atoms with van der Waals surface area (Å²) in [7, 11) is 0. The number of hydrogen-bond donors (Lipinski definition) is 0. The summed E-state index contributed by atoms with van der Waals surface area (Å²) in [5, 5.41) is 3.50. The van der Waals surface area contributed by atoms with Crippen LogP contribution >= 0.6 is 11.3 Å². The highest BCUT2D eigenvalue weighted by molar-refractivity contribution is 7.13. The van der Waals surface area contributed by atoms with E-state index in [2.05, 4.69) is 11.9 Å². The molecule has 0 aliphatic heterocycles. The number of rotatable bonds is 4. The van der Waals surface area contributed by atoms with E-state index in [1.807, 2.05) is 66.9 Å². The zero-order valence-corrected chi connectivity index (χ0v) is 19.1. The minimum atomic E-state index is -4.58. The number of benzene rings is 3. The van der Waals surface area contributed by atoms with Crippen molar-refractivity contribution in [2.24, 2.45) is 0 Å². The van der Waals surface area contributed by atoms with Crippen molar-refractivity contribution in [1.29, 1.82) is 0 Å². The number of thiophene rings is 1. The van der Waals surface area contributed by atoms with Gasteiger partial charge in [-0.25, -0.2) is 4.98 Å². The molecule has 0 spiro atoms. The van der Waals surface area contributed by atoms with Crippen molar-refractivity contribution in [2.45, 2.75) is 32.9 Å². The Balaban J connectivity index is 2.17. The summed E-state index contributed by atoms with van der Waals surface area (Å²) >= 11 is 1.47. The first-order valence-electron chi connectivity index (χ1n) is 11.0. The maximum Gasteiger partial charge on any atom is 0.434 e. The molecule has 5 aromatic rings. The fraction of sp³-hybridized carbons (Fsp3) is 0.179. The van der Waals surface area contributed by atoms with E-state index in [-0.39, 0.29) is 5.39 Å². The zero-order chi connectivity index (χ0) is 23.2. The summed E-state index contributed by atoms with van der Waals surface area (Å²) in [4.78, 5) is 5.03. The Hall–Kier alpha value is -3.18. The molecule has 3 aromatic carbocycles. The lowest BCUT2D eigenvalue weighted by molar-refractivity contribution is -0.139. The topological polar surface area (TPSA) is 12.9 Å². The lowest BCUT2D eigenvalue weighted by atomic mass is 9.81. The van der Waals surface area contributed by atoms with Crippen LogP contribution in [0.4, 0.5) is 13.2 Å². The Morgan fingerprint density at radius 3 is 2.06 bits per heavy atom. The van der Waals surface area contributed by atoms with Crippen molar-refractivity contribution in [3.05, 3.63) is 88.9 Å². The summed E-state index contributed by atoms with van der Waals surface area (Å²) in [6.45, 7) is 4.10. The van der Waals surface area contributed by atoms with Crippen LogP contribution in [0.25, 0.3) is 43.2 Å². The molecule has 0 saturated heterocycles. The normalized spacial score (nSPS) is 12.0. The smallest absolute Gasteiger partial charge is 0.243 e. The maximum atomic E-state index is 14.6. The van der Waals surface area contributed by atoms with E-state index in [0.717, 1.165) is 38.9 Å². The van der Waals surface area contributed by atoms with Crippen LogP contribution in [0.3, 0.4) is 0 Å². The van der Waals surface area contributed by atoms with Crippen LogP contribution in [0.2, 0.25) is 0 Å². The van der Waals surface area contributed by atoms with Crippen LogP contribution in [0, 0.1) is 0 Å². The van der Waals surface area contributed by atoms with Gasteiger partial charge in [0.2, 0.25) is 0 Å². The van der Waals surface area contributed by atoms with E-state index in [0.29, 0.717) is 22.9 Å². The van der Waals surface area contributed by atoms with Gasteiger partial charge in [-0.3, -0.25) is 0 Å². The monoisotopic (exact) mass is 461 g/mol. The van der Waals surface area contributed by atoms with Crippen molar-refractivity contribution in [1.82, 2.24) is 4.98 Å². The fourth-order valence-corrected chi connectivity index (χ4v) is 5.72. The highest BCUT2D eigenvalue weighted by Gasteiger charge is 2.38. The Morgan fingerprint density at radius 2 is 1.42 bits per heavy atom. The third-order valence-corrected chi connectivity index (χ3v) is 7.05. The molecule has 166 valence electrons. The number of alkyl halides is 3. The van der Waals surface area contributed by atoms with Crippen LogP contribution in [0.1, 0.15) is 30.7 Å². The molecule has 1 nitrogen and oxygen atoms in total. The molecule has 5 rings (SSSR count). The van der Waals surface area contributed by atoms with Crippen LogP contribution < -0.4 is 0 Å². The van der Waals surface area contributed by atoms with E-state index >= 15 is 0 Å². The Morgan fingerprint density at radius 1 is 0.758 bits per heavy atom. The van der Waals surface area contributed by atoms with Gasteiger partial charge in [0.1, 0.15) is 0 Å². The quantitative estimate of drug-likeness (QED) is 0.243. The second-order valence-electron chi connectivity index (χ2n) is 7.98. The van der Waals surface area contributed by atoms with Gasteiger partial charge in [0.05, 0.1) is 5.52 Å². The summed E-state index contributed by atoms with van der Waals surface area (Å²) < 4.78 is 43.7. The van der Waals surface area contributed by atoms with Gasteiger partial charge >= 0.3 is 6.18 Å². The van der Waals surface area contributed by atoms with Crippen LogP contribution in [-0.4, -0.2) is 4.98 Å². The average molecular weight is 462 g/mol. The standard InChI is InChI=1S/C28H22F3NS/c1-3-18-19(4-2)24(22-15-10-16-33-22)26-25(23(18)17-11-6-5-7-12-17)20-13-8-9-14-21(20)32-27(26)28(29,30)31/h5-16H,3-4H2,1-2H3. The maximum absolute atomic E-state index is 14.6. The lowest BCUT2D eigenvalue weighted by Gasteiger charge is -2.24. The summed E-state index contributed by atoms with van der Waals surface area (Å²) in [5.41, 5.74) is 4.10.